The van der Waals surface area contributed by atoms with E-state index >= 15 is 0 Å². The molecular formula is C22H26Cl2N4O3S2. The van der Waals surface area contributed by atoms with Crippen LogP contribution in [0.5, 0.6) is 0 Å². The molecule has 0 saturated heterocycles. The lowest BCUT2D eigenvalue weighted by atomic mass is 10.3. The second kappa shape index (κ2) is 13.1. The number of hydrogen-bond acceptors (Lipinski definition) is 7. The van der Waals surface area contributed by atoms with Gasteiger partial charge in [0.25, 0.3) is 5.69 Å². The monoisotopic (exact) mass is 528 g/mol. The Morgan fingerprint density at radius 3 is 2.48 bits per heavy atom. The minimum Gasteiger partial charge on any atom is -0.302 e. The van der Waals surface area contributed by atoms with E-state index in [4.69, 9.17) is 11.6 Å². The number of nitrogens with zero attached hydrogens (tertiary/aromatic N) is 4. The van der Waals surface area contributed by atoms with Gasteiger partial charge in [-0.25, -0.2) is 4.98 Å². The molecule has 0 aliphatic heterocycles. The van der Waals surface area contributed by atoms with Gasteiger partial charge in [0.1, 0.15) is 0 Å². The fourth-order valence-electron chi connectivity index (χ4n) is 3.16. The second-order valence-electron chi connectivity index (χ2n) is 7.03. The molecule has 0 spiro atoms. The summed E-state index contributed by atoms with van der Waals surface area (Å²) in [6, 6.07) is 12.1. The highest BCUT2D eigenvalue weighted by molar-refractivity contribution is 7.99. The number of halogens is 2. The van der Waals surface area contributed by atoms with Gasteiger partial charge < -0.3 is 4.90 Å². The van der Waals surface area contributed by atoms with Gasteiger partial charge >= 0.3 is 0 Å². The van der Waals surface area contributed by atoms with Gasteiger partial charge in [-0.3, -0.25) is 19.8 Å². The van der Waals surface area contributed by atoms with Crippen molar-refractivity contribution in [3.05, 3.63) is 57.6 Å². The molecule has 33 heavy (non-hydrogen) atoms. The zero-order valence-corrected chi connectivity index (χ0v) is 21.6. The largest absolute Gasteiger partial charge is 0.302 e. The number of hydrogen-bond donors (Lipinski definition) is 0. The van der Waals surface area contributed by atoms with Crippen LogP contribution in [0, 0.1) is 10.1 Å². The van der Waals surface area contributed by atoms with E-state index in [2.05, 4.69) is 23.7 Å². The highest BCUT2D eigenvalue weighted by Crippen LogP contribution is 2.32. The molecule has 11 heteroatoms. The summed E-state index contributed by atoms with van der Waals surface area (Å²) in [7, 11) is 0. The molecule has 3 rings (SSSR count). The van der Waals surface area contributed by atoms with Gasteiger partial charge in [-0.05, 0) is 43.4 Å². The number of anilines is 1. The van der Waals surface area contributed by atoms with Crippen LogP contribution in [0.4, 0.5) is 10.8 Å². The van der Waals surface area contributed by atoms with Gasteiger partial charge in [-0.15, -0.1) is 24.2 Å². The lowest BCUT2D eigenvalue weighted by Crippen LogP contribution is -2.39. The summed E-state index contributed by atoms with van der Waals surface area (Å²) in [6.45, 7) is 7.24. The number of fused-ring (bicyclic) bond motifs is 1. The minimum atomic E-state index is -0.421. The van der Waals surface area contributed by atoms with Crippen LogP contribution in [0.25, 0.3) is 10.2 Å². The number of thioether (sulfide) groups is 1. The fraction of sp³-hybridized carbons (Fsp3) is 0.364. The molecule has 0 N–H and O–H groups in total. The number of carbonyl (C=O) groups excluding carboxylic acids is 1. The zero-order valence-electron chi connectivity index (χ0n) is 18.4. The van der Waals surface area contributed by atoms with Crippen molar-refractivity contribution in [3.63, 3.8) is 0 Å². The van der Waals surface area contributed by atoms with E-state index in [9.17, 15) is 14.9 Å². The maximum Gasteiger partial charge on any atom is 0.270 e. The summed E-state index contributed by atoms with van der Waals surface area (Å²) < 4.78 is 0.699. The number of aromatic nitrogens is 1. The Hall–Kier alpha value is -1.91. The SMILES string of the molecule is CCN(CC)CCN(C(=O)CCSc1ccc(Cl)cc1)c1nc2ccc([N+](=O)[O-])cc2s1.Cl. The Labute approximate surface area is 212 Å². The molecule has 0 aliphatic rings. The Morgan fingerprint density at radius 1 is 1.15 bits per heavy atom. The number of rotatable bonds is 11. The molecule has 0 atom stereocenters. The molecule has 1 amide bonds. The first-order valence-corrected chi connectivity index (χ1v) is 12.5. The summed E-state index contributed by atoms with van der Waals surface area (Å²) in [5.41, 5.74) is 0.680. The predicted molar refractivity (Wildman–Crippen MR) is 140 cm³/mol. The van der Waals surface area contributed by atoms with E-state index in [1.54, 1.807) is 22.7 Å². The minimum absolute atomic E-state index is 0. The lowest BCUT2D eigenvalue weighted by molar-refractivity contribution is -0.384. The lowest BCUT2D eigenvalue weighted by Gasteiger charge is -2.24. The Balaban J connectivity index is 0.00000385. The predicted octanol–water partition coefficient (Wildman–Crippen LogP) is 6.14. The standard InChI is InChI=1S/C22H25ClN4O3S2.ClH/c1-3-25(4-2)12-13-26(21(28)11-14-31-18-8-5-16(23)6-9-18)22-24-19-10-7-17(27(29)30)15-20(19)32-22;/h5-10,15H,3-4,11-14H2,1-2H3;1H. The third kappa shape index (κ3) is 7.55. The van der Waals surface area contributed by atoms with E-state index in [1.807, 2.05) is 24.3 Å². The topological polar surface area (TPSA) is 79.6 Å². The number of nitro benzene ring substituents is 1. The first kappa shape index (κ1) is 27.3. The fourth-order valence-corrected chi connectivity index (χ4v) is 5.17. The number of thiazole rings is 1. The van der Waals surface area contributed by atoms with Crippen LogP contribution in [-0.2, 0) is 4.79 Å². The summed E-state index contributed by atoms with van der Waals surface area (Å²) in [5.74, 6) is 0.630. The van der Waals surface area contributed by atoms with Gasteiger partial charge in [0.2, 0.25) is 5.91 Å². The number of carbonyl (C=O) groups is 1. The molecule has 1 heterocycles. The van der Waals surface area contributed by atoms with Crippen LogP contribution in [0.3, 0.4) is 0 Å². The highest BCUT2D eigenvalue weighted by atomic mass is 35.5. The Morgan fingerprint density at radius 2 is 1.85 bits per heavy atom. The molecule has 0 fully saturated rings. The van der Waals surface area contributed by atoms with Crippen molar-refractivity contribution < 1.29 is 9.72 Å². The third-order valence-electron chi connectivity index (χ3n) is 5.04. The van der Waals surface area contributed by atoms with Crippen molar-refractivity contribution in [1.29, 1.82) is 0 Å². The van der Waals surface area contributed by atoms with Crippen molar-refractivity contribution in [2.24, 2.45) is 0 Å². The van der Waals surface area contributed by atoms with Gasteiger partial charge in [-0.2, -0.15) is 0 Å². The number of non-ortho nitro benzene ring substituents is 1. The number of nitro groups is 1. The van der Waals surface area contributed by atoms with E-state index < -0.39 is 4.92 Å². The van der Waals surface area contributed by atoms with Gasteiger partial charge in [0, 0.05) is 47.3 Å². The summed E-state index contributed by atoms with van der Waals surface area (Å²) in [5, 5.41) is 12.4. The molecule has 1 aromatic heterocycles. The normalized spacial score (nSPS) is 10.9. The zero-order chi connectivity index (χ0) is 23.1. The molecular weight excluding hydrogens is 503 g/mol. The second-order valence-corrected chi connectivity index (χ2v) is 9.64. The number of benzene rings is 2. The van der Waals surface area contributed by atoms with Crippen molar-refractivity contribution in [2.45, 2.75) is 25.2 Å². The number of likely N-dealkylation sites (N-methyl/N-ethyl adjacent to an activating group) is 1. The first-order valence-electron chi connectivity index (χ1n) is 10.4. The van der Waals surface area contributed by atoms with Crippen LogP contribution in [0.2, 0.25) is 5.02 Å². The van der Waals surface area contributed by atoms with E-state index in [0.29, 0.717) is 39.1 Å². The Kier molecular flexibility index (Phi) is 10.9. The molecule has 7 nitrogen and oxygen atoms in total. The van der Waals surface area contributed by atoms with Crippen molar-refractivity contribution >= 4 is 74.0 Å². The highest BCUT2D eigenvalue weighted by Gasteiger charge is 2.21. The van der Waals surface area contributed by atoms with Crippen LogP contribution in [0.1, 0.15) is 20.3 Å². The maximum absolute atomic E-state index is 13.2. The third-order valence-corrected chi connectivity index (χ3v) is 7.34. The summed E-state index contributed by atoms with van der Waals surface area (Å²) in [4.78, 5) is 33.5. The smallest absolute Gasteiger partial charge is 0.270 e. The molecule has 178 valence electrons. The molecule has 0 aliphatic carbocycles. The molecule has 0 unspecified atom stereocenters. The molecule has 3 aromatic rings. The van der Waals surface area contributed by atoms with E-state index in [1.165, 1.54) is 23.5 Å². The molecule has 2 aromatic carbocycles. The van der Waals surface area contributed by atoms with Crippen LogP contribution in [-0.4, -0.2) is 52.6 Å². The van der Waals surface area contributed by atoms with Crippen molar-refractivity contribution in [1.82, 2.24) is 9.88 Å². The van der Waals surface area contributed by atoms with E-state index in [0.717, 1.165) is 24.5 Å². The average Bonchev–Trinajstić information content (AvgIpc) is 3.21. The summed E-state index contributed by atoms with van der Waals surface area (Å²) >= 11 is 8.85. The van der Waals surface area contributed by atoms with Gasteiger partial charge in [0.05, 0.1) is 15.1 Å². The van der Waals surface area contributed by atoms with Crippen molar-refractivity contribution in [3.8, 4) is 0 Å². The quantitative estimate of drug-likeness (QED) is 0.169. The van der Waals surface area contributed by atoms with Crippen LogP contribution >= 0.6 is 47.1 Å². The first-order chi connectivity index (χ1) is 15.4. The van der Waals surface area contributed by atoms with Crippen molar-refractivity contribution in [2.75, 3.05) is 36.8 Å². The van der Waals surface area contributed by atoms with Gasteiger partial charge in [-0.1, -0.05) is 36.8 Å². The molecule has 0 bridgehead atoms. The maximum atomic E-state index is 13.2. The Bertz CT molecular complexity index is 1080. The van der Waals surface area contributed by atoms with Crippen LogP contribution in [0.15, 0.2) is 47.4 Å². The summed E-state index contributed by atoms with van der Waals surface area (Å²) in [6.07, 6.45) is 0.363. The number of amides is 1. The molecule has 0 radical (unpaired) electrons. The van der Waals surface area contributed by atoms with Crippen LogP contribution < -0.4 is 4.90 Å². The molecule has 0 saturated carbocycles. The van der Waals surface area contributed by atoms with Gasteiger partial charge in [0.15, 0.2) is 5.13 Å². The average molecular weight is 530 g/mol. The van der Waals surface area contributed by atoms with E-state index in [-0.39, 0.29) is 24.0 Å².